The van der Waals surface area contributed by atoms with E-state index in [1.165, 1.54) is 25.3 Å². The van der Waals surface area contributed by atoms with Crippen LogP contribution in [0.15, 0.2) is 71.6 Å². The molecule has 0 radical (unpaired) electrons. The minimum absolute atomic E-state index is 0.126. The van der Waals surface area contributed by atoms with Gasteiger partial charge in [0.15, 0.2) is 0 Å². The lowest BCUT2D eigenvalue weighted by molar-refractivity contribution is 0.102. The summed E-state index contributed by atoms with van der Waals surface area (Å²) in [5.41, 5.74) is 2.15. The van der Waals surface area contributed by atoms with Crippen molar-refractivity contribution in [3.05, 3.63) is 77.9 Å². The lowest BCUT2D eigenvalue weighted by atomic mass is 10.2. The summed E-state index contributed by atoms with van der Waals surface area (Å²) in [4.78, 5) is 12.9. The van der Waals surface area contributed by atoms with Gasteiger partial charge in [0.2, 0.25) is 0 Å². The van der Waals surface area contributed by atoms with Crippen molar-refractivity contribution in [2.45, 2.75) is 43.6 Å². The second-order valence-electron chi connectivity index (χ2n) is 8.31. The van der Waals surface area contributed by atoms with Crippen molar-refractivity contribution in [1.82, 2.24) is 0 Å². The minimum Gasteiger partial charge on any atom is -0.495 e. The van der Waals surface area contributed by atoms with E-state index in [1.807, 2.05) is 37.3 Å². The number of anilines is 2. The standard InChI is InChI=1S/C26H28N2O5S/c1-18-11-14-20(15-12-18)28-34(30,31)25-17-19(13-16-24(25)32-2)26(29)27-22-9-5-6-10-23(22)33-21-7-3-4-8-21/h5-6,9-17,21,28H,3-4,7-8H2,1-2H3,(H,27,29). The Morgan fingerprint density at radius 3 is 2.35 bits per heavy atom. The molecule has 7 nitrogen and oxygen atoms in total. The number of ether oxygens (including phenoxy) is 2. The van der Waals surface area contributed by atoms with E-state index in [0.717, 1.165) is 31.2 Å². The Hall–Kier alpha value is -3.52. The summed E-state index contributed by atoms with van der Waals surface area (Å²) in [6.45, 7) is 1.92. The molecule has 0 aromatic heterocycles. The highest BCUT2D eigenvalue weighted by molar-refractivity contribution is 7.92. The zero-order chi connectivity index (χ0) is 24.1. The van der Waals surface area contributed by atoms with Gasteiger partial charge in [-0.15, -0.1) is 0 Å². The van der Waals surface area contributed by atoms with Crippen molar-refractivity contribution in [3.63, 3.8) is 0 Å². The predicted octanol–water partition coefficient (Wildman–Crippen LogP) is 5.38. The lowest BCUT2D eigenvalue weighted by Gasteiger charge is -2.17. The van der Waals surface area contributed by atoms with Crippen LogP contribution in [0.2, 0.25) is 0 Å². The minimum atomic E-state index is -4.00. The van der Waals surface area contributed by atoms with Gasteiger partial charge < -0.3 is 14.8 Å². The fourth-order valence-corrected chi connectivity index (χ4v) is 5.17. The zero-order valence-corrected chi connectivity index (χ0v) is 20.0. The Labute approximate surface area is 200 Å². The van der Waals surface area contributed by atoms with Crippen LogP contribution >= 0.6 is 0 Å². The first-order valence-electron chi connectivity index (χ1n) is 11.2. The largest absolute Gasteiger partial charge is 0.495 e. The van der Waals surface area contributed by atoms with E-state index in [4.69, 9.17) is 9.47 Å². The van der Waals surface area contributed by atoms with Gasteiger partial charge in [-0.05, 0) is 75.1 Å². The molecule has 178 valence electrons. The number of sulfonamides is 1. The van der Waals surface area contributed by atoms with Crippen LogP contribution in [0, 0.1) is 6.92 Å². The van der Waals surface area contributed by atoms with E-state index in [9.17, 15) is 13.2 Å². The molecule has 0 spiro atoms. The first-order chi connectivity index (χ1) is 16.4. The molecule has 2 N–H and O–H groups in total. The van der Waals surface area contributed by atoms with Crippen molar-refractivity contribution in [1.29, 1.82) is 0 Å². The molecule has 0 bridgehead atoms. The van der Waals surface area contributed by atoms with Gasteiger partial charge >= 0.3 is 0 Å². The van der Waals surface area contributed by atoms with Crippen LogP contribution in [-0.2, 0) is 10.0 Å². The quantitative estimate of drug-likeness (QED) is 0.452. The summed E-state index contributed by atoms with van der Waals surface area (Å²) in [6, 6.07) is 18.5. The van der Waals surface area contributed by atoms with Crippen LogP contribution < -0.4 is 19.5 Å². The van der Waals surface area contributed by atoms with E-state index in [1.54, 1.807) is 18.2 Å². The molecule has 3 aromatic rings. The van der Waals surface area contributed by atoms with Gasteiger partial charge in [0, 0.05) is 11.3 Å². The van der Waals surface area contributed by atoms with E-state index in [2.05, 4.69) is 10.0 Å². The number of aryl methyl sites for hydroxylation is 1. The number of hydrogen-bond acceptors (Lipinski definition) is 5. The predicted molar refractivity (Wildman–Crippen MR) is 132 cm³/mol. The van der Waals surface area contributed by atoms with Crippen LogP contribution in [0.1, 0.15) is 41.6 Å². The first kappa shape index (κ1) is 23.6. The maximum atomic E-state index is 13.1. The van der Waals surface area contributed by atoms with Gasteiger partial charge in [-0.2, -0.15) is 0 Å². The molecule has 0 saturated heterocycles. The van der Waals surface area contributed by atoms with E-state index in [0.29, 0.717) is 17.1 Å². The fraction of sp³-hybridized carbons (Fsp3) is 0.269. The van der Waals surface area contributed by atoms with Gasteiger partial charge in [-0.3, -0.25) is 9.52 Å². The molecule has 34 heavy (non-hydrogen) atoms. The molecule has 3 aromatic carbocycles. The highest BCUT2D eigenvalue weighted by Gasteiger charge is 2.23. The van der Waals surface area contributed by atoms with E-state index < -0.39 is 15.9 Å². The van der Waals surface area contributed by atoms with Gasteiger partial charge in [-0.1, -0.05) is 29.8 Å². The number of methoxy groups -OCH3 is 1. The van der Waals surface area contributed by atoms with Gasteiger partial charge in [0.25, 0.3) is 15.9 Å². The Kier molecular flexibility index (Phi) is 7.07. The van der Waals surface area contributed by atoms with Crippen LogP contribution in [0.4, 0.5) is 11.4 Å². The number of hydrogen-bond donors (Lipinski definition) is 2. The number of para-hydroxylation sites is 2. The summed E-state index contributed by atoms with van der Waals surface area (Å²) in [7, 11) is -2.62. The summed E-state index contributed by atoms with van der Waals surface area (Å²) in [5, 5.41) is 2.85. The molecule has 0 aliphatic heterocycles. The molecule has 1 aliphatic carbocycles. The highest BCUT2D eigenvalue weighted by atomic mass is 32.2. The molecule has 1 aliphatic rings. The SMILES string of the molecule is COc1ccc(C(=O)Nc2ccccc2OC2CCCC2)cc1S(=O)(=O)Nc1ccc(C)cc1. The summed E-state index contributed by atoms with van der Waals surface area (Å²) < 4.78 is 40.1. The molecule has 4 rings (SSSR count). The first-order valence-corrected chi connectivity index (χ1v) is 12.7. The van der Waals surface area contributed by atoms with Gasteiger partial charge in [-0.25, -0.2) is 8.42 Å². The van der Waals surface area contributed by atoms with Crippen LogP contribution in [0.25, 0.3) is 0 Å². The Bertz CT molecular complexity index is 1270. The number of nitrogens with one attached hydrogen (secondary N) is 2. The molecule has 1 amide bonds. The van der Waals surface area contributed by atoms with Crippen LogP contribution in [-0.4, -0.2) is 27.5 Å². The molecule has 0 unspecified atom stereocenters. The van der Waals surface area contributed by atoms with Crippen molar-refractivity contribution in [2.24, 2.45) is 0 Å². The van der Waals surface area contributed by atoms with E-state index >= 15 is 0 Å². The third kappa shape index (κ3) is 5.51. The van der Waals surface area contributed by atoms with E-state index in [-0.39, 0.29) is 22.3 Å². The summed E-state index contributed by atoms with van der Waals surface area (Å²) >= 11 is 0. The average Bonchev–Trinajstić information content (AvgIpc) is 3.34. The Balaban J connectivity index is 1.58. The molecule has 0 heterocycles. The van der Waals surface area contributed by atoms with Crippen molar-refractivity contribution >= 4 is 27.3 Å². The smallest absolute Gasteiger partial charge is 0.265 e. The zero-order valence-electron chi connectivity index (χ0n) is 19.2. The van der Waals surface area contributed by atoms with Crippen LogP contribution in [0.3, 0.4) is 0 Å². The van der Waals surface area contributed by atoms with Gasteiger partial charge in [0.1, 0.15) is 16.4 Å². The monoisotopic (exact) mass is 480 g/mol. The molecular weight excluding hydrogens is 452 g/mol. The number of carbonyl (C=O) groups is 1. The number of benzene rings is 3. The third-order valence-electron chi connectivity index (χ3n) is 5.75. The fourth-order valence-electron chi connectivity index (χ4n) is 3.91. The van der Waals surface area contributed by atoms with Crippen molar-refractivity contribution in [2.75, 3.05) is 17.1 Å². The second kappa shape index (κ2) is 10.2. The Morgan fingerprint density at radius 2 is 1.65 bits per heavy atom. The van der Waals surface area contributed by atoms with Crippen LogP contribution in [0.5, 0.6) is 11.5 Å². The summed E-state index contributed by atoms with van der Waals surface area (Å²) in [6.07, 6.45) is 4.41. The molecular formula is C26H28N2O5S. The average molecular weight is 481 g/mol. The third-order valence-corrected chi connectivity index (χ3v) is 7.15. The second-order valence-corrected chi connectivity index (χ2v) is 9.96. The topological polar surface area (TPSA) is 93.7 Å². The summed E-state index contributed by atoms with van der Waals surface area (Å²) in [5.74, 6) is 0.295. The number of carbonyl (C=O) groups excluding carboxylic acids is 1. The molecule has 1 saturated carbocycles. The maximum absolute atomic E-state index is 13.1. The van der Waals surface area contributed by atoms with Crippen molar-refractivity contribution < 1.29 is 22.7 Å². The normalized spacial score (nSPS) is 13.9. The van der Waals surface area contributed by atoms with Crippen molar-refractivity contribution in [3.8, 4) is 11.5 Å². The highest BCUT2D eigenvalue weighted by Crippen LogP contribution is 2.31. The Morgan fingerprint density at radius 1 is 0.941 bits per heavy atom. The lowest BCUT2D eigenvalue weighted by Crippen LogP contribution is -2.18. The molecule has 1 fully saturated rings. The number of rotatable bonds is 8. The molecule has 0 atom stereocenters. The number of amides is 1. The molecule has 8 heteroatoms. The van der Waals surface area contributed by atoms with Gasteiger partial charge in [0.05, 0.1) is 18.9 Å². The maximum Gasteiger partial charge on any atom is 0.265 e.